The Kier molecular flexibility index (Phi) is 6.19. The van der Waals surface area contributed by atoms with Crippen molar-refractivity contribution in [2.75, 3.05) is 5.32 Å². The monoisotopic (exact) mass is 379 g/mol. The Morgan fingerprint density at radius 3 is 1.93 bits per heavy atom. The highest BCUT2D eigenvalue weighted by Gasteiger charge is 2.30. The Hall–Kier alpha value is -2.50. The van der Waals surface area contributed by atoms with E-state index in [2.05, 4.69) is 26.1 Å². The number of hydrogen-bond donors (Lipinski definition) is 1. The highest BCUT2D eigenvalue weighted by Crippen LogP contribution is 2.30. The molecule has 0 heterocycles. The number of carbonyl (C=O) groups excluding carboxylic acids is 1. The van der Waals surface area contributed by atoms with Gasteiger partial charge < -0.3 is 10.1 Å². The summed E-state index contributed by atoms with van der Waals surface area (Å²) in [4.78, 5) is 12.4. The van der Waals surface area contributed by atoms with Crippen molar-refractivity contribution < 1.29 is 22.7 Å². The van der Waals surface area contributed by atoms with Crippen LogP contribution < -0.4 is 10.1 Å². The van der Waals surface area contributed by atoms with Gasteiger partial charge in [0.2, 0.25) is 0 Å². The molecule has 0 aromatic heterocycles. The second-order valence-corrected chi connectivity index (χ2v) is 7.35. The Balaban J connectivity index is 2.03. The van der Waals surface area contributed by atoms with Crippen molar-refractivity contribution >= 4 is 11.6 Å². The van der Waals surface area contributed by atoms with Gasteiger partial charge in [-0.15, -0.1) is 0 Å². The molecule has 0 saturated carbocycles. The lowest BCUT2D eigenvalue weighted by Crippen LogP contribution is -2.32. The van der Waals surface area contributed by atoms with Gasteiger partial charge in [0, 0.05) is 5.69 Å². The standard InChI is InChI=1S/C21H24F3NO2/c1-5-18(27-17-12-8-14(9-13-17)20(2,3)4)19(26)25-16-10-6-15(7-11-16)21(22,23)24/h6-13,18H,5H2,1-4H3,(H,25,26)/t18-/m1/s1. The lowest BCUT2D eigenvalue weighted by molar-refractivity contribution is -0.137. The Morgan fingerprint density at radius 1 is 0.963 bits per heavy atom. The summed E-state index contributed by atoms with van der Waals surface area (Å²) in [6.07, 6.45) is -4.72. The van der Waals surface area contributed by atoms with Gasteiger partial charge in [0.25, 0.3) is 5.91 Å². The van der Waals surface area contributed by atoms with Crippen molar-refractivity contribution in [3.8, 4) is 5.75 Å². The molecule has 6 heteroatoms. The van der Waals surface area contributed by atoms with Crippen molar-refractivity contribution in [1.29, 1.82) is 0 Å². The smallest absolute Gasteiger partial charge is 0.416 e. The van der Waals surface area contributed by atoms with E-state index in [1.807, 2.05) is 24.3 Å². The molecule has 2 aromatic rings. The molecule has 0 aliphatic carbocycles. The second kappa shape index (κ2) is 8.03. The first-order valence-corrected chi connectivity index (χ1v) is 8.76. The van der Waals surface area contributed by atoms with E-state index in [9.17, 15) is 18.0 Å². The fourth-order valence-electron chi connectivity index (χ4n) is 2.49. The molecule has 0 aliphatic heterocycles. The zero-order valence-corrected chi connectivity index (χ0v) is 15.9. The number of rotatable bonds is 5. The van der Waals surface area contributed by atoms with Crippen molar-refractivity contribution in [3.05, 3.63) is 59.7 Å². The van der Waals surface area contributed by atoms with E-state index in [4.69, 9.17) is 4.74 Å². The average molecular weight is 379 g/mol. The number of nitrogens with one attached hydrogen (secondary N) is 1. The molecular weight excluding hydrogens is 355 g/mol. The number of anilines is 1. The largest absolute Gasteiger partial charge is 0.481 e. The average Bonchev–Trinajstić information content (AvgIpc) is 2.59. The number of carbonyl (C=O) groups is 1. The van der Waals surface area contributed by atoms with Gasteiger partial charge in [-0.3, -0.25) is 4.79 Å². The van der Waals surface area contributed by atoms with E-state index < -0.39 is 23.8 Å². The van der Waals surface area contributed by atoms with Crippen LogP contribution in [0.4, 0.5) is 18.9 Å². The maximum absolute atomic E-state index is 12.6. The first-order chi connectivity index (χ1) is 12.5. The Bertz CT molecular complexity index is 760. The molecule has 2 aromatic carbocycles. The third kappa shape index (κ3) is 5.74. The van der Waals surface area contributed by atoms with Gasteiger partial charge in [-0.2, -0.15) is 13.2 Å². The predicted molar refractivity (Wildman–Crippen MR) is 99.9 cm³/mol. The van der Waals surface area contributed by atoms with E-state index in [1.165, 1.54) is 12.1 Å². The summed E-state index contributed by atoms with van der Waals surface area (Å²) in [7, 11) is 0. The van der Waals surface area contributed by atoms with Crippen molar-refractivity contribution in [2.24, 2.45) is 0 Å². The first-order valence-electron chi connectivity index (χ1n) is 8.76. The molecule has 0 spiro atoms. The zero-order valence-electron chi connectivity index (χ0n) is 15.9. The van der Waals surface area contributed by atoms with E-state index in [-0.39, 0.29) is 11.1 Å². The highest BCUT2D eigenvalue weighted by molar-refractivity contribution is 5.94. The molecule has 0 fully saturated rings. The summed E-state index contributed by atoms with van der Waals surface area (Å²) in [5.74, 6) is 0.162. The lowest BCUT2D eigenvalue weighted by atomic mass is 9.87. The van der Waals surface area contributed by atoms with E-state index in [1.54, 1.807) is 6.92 Å². The van der Waals surface area contributed by atoms with Crippen LogP contribution in [0.25, 0.3) is 0 Å². The number of benzene rings is 2. The fraction of sp³-hybridized carbons (Fsp3) is 0.381. The third-order valence-corrected chi connectivity index (χ3v) is 4.14. The van der Waals surface area contributed by atoms with Crippen LogP contribution in [0.1, 0.15) is 45.2 Å². The lowest BCUT2D eigenvalue weighted by Gasteiger charge is -2.21. The van der Waals surface area contributed by atoms with Crippen LogP contribution in [-0.2, 0) is 16.4 Å². The van der Waals surface area contributed by atoms with E-state index >= 15 is 0 Å². The Morgan fingerprint density at radius 2 is 1.48 bits per heavy atom. The summed E-state index contributed by atoms with van der Waals surface area (Å²) in [6.45, 7) is 8.13. The summed E-state index contributed by atoms with van der Waals surface area (Å²) < 4.78 is 43.6. The molecule has 0 saturated heterocycles. The van der Waals surface area contributed by atoms with Crippen LogP contribution in [0, 0.1) is 0 Å². The highest BCUT2D eigenvalue weighted by atomic mass is 19.4. The molecule has 0 aliphatic rings. The van der Waals surface area contributed by atoms with Gasteiger partial charge in [0.15, 0.2) is 6.10 Å². The molecule has 1 amide bonds. The van der Waals surface area contributed by atoms with Crippen LogP contribution in [0.2, 0.25) is 0 Å². The number of amides is 1. The normalized spacial score (nSPS) is 13.1. The molecule has 1 N–H and O–H groups in total. The summed E-state index contributed by atoms with van der Waals surface area (Å²) in [5.41, 5.74) is 0.695. The van der Waals surface area contributed by atoms with Crippen LogP contribution in [0.5, 0.6) is 5.75 Å². The minimum absolute atomic E-state index is 0.0165. The van der Waals surface area contributed by atoms with Gasteiger partial charge in [0.1, 0.15) is 5.75 Å². The maximum atomic E-state index is 12.6. The molecule has 1 atom stereocenters. The topological polar surface area (TPSA) is 38.3 Å². The van der Waals surface area contributed by atoms with Crippen LogP contribution in [-0.4, -0.2) is 12.0 Å². The van der Waals surface area contributed by atoms with Crippen LogP contribution in [0.3, 0.4) is 0 Å². The quantitative estimate of drug-likeness (QED) is 0.713. The van der Waals surface area contributed by atoms with Gasteiger partial charge in [-0.25, -0.2) is 0 Å². The summed E-state index contributed by atoms with van der Waals surface area (Å²) >= 11 is 0. The van der Waals surface area contributed by atoms with E-state index in [0.717, 1.165) is 17.7 Å². The molecule has 2 rings (SSSR count). The van der Waals surface area contributed by atoms with Crippen LogP contribution >= 0.6 is 0 Å². The zero-order chi connectivity index (χ0) is 20.2. The molecule has 0 radical (unpaired) electrons. The summed E-state index contributed by atoms with van der Waals surface area (Å²) in [6, 6.07) is 11.9. The fourth-order valence-corrected chi connectivity index (χ4v) is 2.49. The predicted octanol–water partition coefficient (Wildman–Crippen LogP) is 5.80. The third-order valence-electron chi connectivity index (χ3n) is 4.14. The maximum Gasteiger partial charge on any atom is 0.416 e. The molecule has 0 bridgehead atoms. The number of hydrogen-bond acceptors (Lipinski definition) is 2. The molecule has 3 nitrogen and oxygen atoms in total. The summed E-state index contributed by atoms with van der Waals surface area (Å²) in [5, 5.41) is 2.60. The van der Waals surface area contributed by atoms with Gasteiger partial charge in [0.05, 0.1) is 5.56 Å². The number of halogens is 3. The molecule has 146 valence electrons. The van der Waals surface area contributed by atoms with Gasteiger partial charge in [-0.05, 0) is 53.8 Å². The number of ether oxygens (including phenoxy) is 1. The molecule has 0 unspecified atom stereocenters. The SMILES string of the molecule is CC[C@@H](Oc1ccc(C(C)(C)C)cc1)C(=O)Nc1ccc(C(F)(F)F)cc1. The minimum Gasteiger partial charge on any atom is -0.481 e. The van der Waals surface area contributed by atoms with Crippen molar-refractivity contribution in [3.63, 3.8) is 0 Å². The van der Waals surface area contributed by atoms with Gasteiger partial charge >= 0.3 is 6.18 Å². The Labute approximate surface area is 157 Å². The second-order valence-electron chi connectivity index (χ2n) is 7.35. The first kappa shape index (κ1) is 20.8. The van der Waals surface area contributed by atoms with Crippen LogP contribution in [0.15, 0.2) is 48.5 Å². The van der Waals surface area contributed by atoms with Crippen molar-refractivity contribution in [1.82, 2.24) is 0 Å². The van der Waals surface area contributed by atoms with Crippen molar-refractivity contribution in [2.45, 2.75) is 51.8 Å². The number of alkyl halides is 3. The minimum atomic E-state index is -4.41. The van der Waals surface area contributed by atoms with Gasteiger partial charge in [-0.1, -0.05) is 39.8 Å². The van der Waals surface area contributed by atoms with E-state index in [0.29, 0.717) is 12.2 Å². The molecular formula is C21H24F3NO2. The molecule has 27 heavy (non-hydrogen) atoms.